The van der Waals surface area contributed by atoms with Gasteiger partial charge in [0.25, 0.3) is 0 Å². The van der Waals surface area contributed by atoms with Crippen LogP contribution in [0.3, 0.4) is 0 Å². The number of hydrogen-bond donors (Lipinski definition) is 1. The number of fused-ring (bicyclic) bond motifs is 1. The van der Waals surface area contributed by atoms with E-state index < -0.39 is 0 Å². The summed E-state index contributed by atoms with van der Waals surface area (Å²) in [6.07, 6.45) is 3.56. The maximum Gasteiger partial charge on any atom is 0.162 e. The Morgan fingerprint density at radius 1 is 0.903 bits per heavy atom. The van der Waals surface area contributed by atoms with Crippen LogP contribution in [0.4, 0.5) is 5.82 Å². The standard InChI is InChI=1S/C27H28N4/c1-4-5-8-21-13-17-22(18-14-21)20(3)30-31-27-24-9-6-7-10-25(24)28-26(29-27)23-15-11-19(2)12-16-23/h6-7,9-18H,4-5,8H2,1-3H3,(H,28,29,31). The van der Waals surface area contributed by atoms with Crippen molar-refractivity contribution in [3.05, 3.63) is 89.5 Å². The third kappa shape index (κ3) is 4.97. The lowest BCUT2D eigenvalue weighted by molar-refractivity contribution is 0.795. The van der Waals surface area contributed by atoms with Crippen LogP contribution in [0.1, 0.15) is 43.4 Å². The summed E-state index contributed by atoms with van der Waals surface area (Å²) >= 11 is 0. The minimum Gasteiger partial charge on any atom is -0.260 e. The van der Waals surface area contributed by atoms with Crippen molar-refractivity contribution in [2.75, 3.05) is 5.43 Å². The Bertz CT molecular complexity index is 1190. The molecule has 0 aliphatic heterocycles. The second kappa shape index (κ2) is 9.52. The zero-order chi connectivity index (χ0) is 21.6. The molecule has 0 radical (unpaired) electrons. The number of aromatic nitrogens is 2. The Hall–Kier alpha value is -3.53. The lowest BCUT2D eigenvalue weighted by atomic mass is 10.0. The van der Waals surface area contributed by atoms with Crippen molar-refractivity contribution in [2.24, 2.45) is 5.10 Å². The molecular weight excluding hydrogens is 380 g/mol. The first-order valence-corrected chi connectivity index (χ1v) is 10.9. The van der Waals surface area contributed by atoms with E-state index >= 15 is 0 Å². The number of aryl methyl sites for hydroxylation is 2. The van der Waals surface area contributed by atoms with Gasteiger partial charge in [-0.25, -0.2) is 9.97 Å². The molecule has 0 atom stereocenters. The summed E-state index contributed by atoms with van der Waals surface area (Å²) in [5.74, 6) is 1.40. The minimum atomic E-state index is 0.689. The molecule has 0 amide bonds. The average molecular weight is 409 g/mol. The molecule has 0 spiro atoms. The third-order valence-electron chi connectivity index (χ3n) is 5.43. The van der Waals surface area contributed by atoms with Crippen LogP contribution in [0.15, 0.2) is 77.9 Å². The van der Waals surface area contributed by atoms with Crippen LogP contribution in [0.2, 0.25) is 0 Å². The van der Waals surface area contributed by atoms with E-state index in [1.54, 1.807) is 0 Å². The number of unbranched alkanes of at least 4 members (excludes halogenated alkanes) is 1. The van der Waals surface area contributed by atoms with E-state index in [4.69, 9.17) is 9.97 Å². The van der Waals surface area contributed by atoms with Crippen molar-refractivity contribution in [2.45, 2.75) is 40.0 Å². The molecule has 4 heteroatoms. The Labute approximate surface area is 184 Å². The molecule has 4 aromatic rings. The quantitative estimate of drug-likeness (QED) is 0.271. The molecular formula is C27H28N4. The number of hydrazone groups is 1. The van der Waals surface area contributed by atoms with Crippen molar-refractivity contribution in [3.8, 4) is 11.4 Å². The lowest BCUT2D eigenvalue weighted by Crippen LogP contribution is -2.03. The fourth-order valence-corrected chi connectivity index (χ4v) is 3.49. The molecule has 1 N–H and O–H groups in total. The first-order chi connectivity index (χ1) is 15.1. The van der Waals surface area contributed by atoms with Gasteiger partial charge >= 0.3 is 0 Å². The Morgan fingerprint density at radius 2 is 1.65 bits per heavy atom. The second-order valence-corrected chi connectivity index (χ2v) is 7.89. The fraction of sp³-hybridized carbons (Fsp3) is 0.222. The number of nitrogens with one attached hydrogen (secondary N) is 1. The van der Waals surface area contributed by atoms with E-state index in [9.17, 15) is 0 Å². The van der Waals surface area contributed by atoms with Crippen molar-refractivity contribution >= 4 is 22.4 Å². The predicted molar refractivity (Wildman–Crippen MR) is 131 cm³/mol. The van der Waals surface area contributed by atoms with E-state index in [2.05, 4.69) is 72.9 Å². The summed E-state index contributed by atoms with van der Waals surface area (Å²) in [6, 6.07) is 24.9. The van der Waals surface area contributed by atoms with E-state index in [0.717, 1.165) is 34.2 Å². The zero-order valence-corrected chi connectivity index (χ0v) is 18.4. The normalized spacial score (nSPS) is 11.6. The highest BCUT2D eigenvalue weighted by Crippen LogP contribution is 2.25. The van der Waals surface area contributed by atoms with Gasteiger partial charge < -0.3 is 0 Å². The lowest BCUT2D eigenvalue weighted by Gasteiger charge is -2.10. The Kier molecular flexibility index (Phi) is 6.37. The summed E-state index contributed by atoms with van der Waals surface area (Å²) in [4.78, 5) is 9.54. The van der Waals surface area contributed by atoms with Gasteiger partial charge in [-0.3, -0.25) is 5.43 Å². The number of para-hydroxylation sites is 1. The minimum absolute atomic E-state index is 0.689. The zero-order valence-electron chi connectivity index (χ0n) is 18.4. The summed E-state index contributed by atoms with van der Waals surface area (Å²) in [6.45, 7) is 6.31. The van der Waals surface area contributed by atoms with Crippen LogP contribution < -0.4 is 5.43 Å². The number of benzene rings is 3. The fourth-order valence-electron chi connectivity index (χ4n) is 3.49. The number of nitrogens with zero attached hydrogens (tertiary/aromatic N) is 3. The Balaban J connectivity index is 1.63. The molecule has 0 aliphatic carbocycles. The third-order valence-corrected chi connectivity index (χ3v) is 5.43. The summed E-state index contributed by atoms with van der Waals surface area (Å²) in [7, 11) is 0. The Morgan fingerprint density at radius 3 is 2.39 bits per heavy atom. The van der Waals surface area contributed by atoms with E-state index in [-0.39, 0.29) is 0 Å². The van der Waals surface area contributed by atoms with Gasteiger partial charge in [-0.05, 0) is 49.9 Å². The molecule has 4 nitrogen and oxygen atoms in total. The van der Waals surface area contributed by atoms with Crippen molar-refractivity contribution in [1.82, 2.24) is 9.97 Å². The van der Waals surface area contributed by atoms with Crippen molar-refractivity contribution in [3.63, 3.8) is 0 Å². The molecule has 0 saturated heterocycles. The molecule has 4 rings (SSSR count). The van der Waals surface area contributed by atoms with Crippen LogP contribution in [0.25, 0.3) is 22.3 Å². The van der Waals surface area contributed by atoms with Gasteiger partial charge in [0, 0.05) is 10.9 Å². The molecule has 1 aromatic heterocycles. The molecule has 0 fully saturated rings. The van der Waals surface area contributed by atoms with Crippen molar-refractivity contribution < 1.29 is 0 Å². The van der Waals surface area contributed by atoms with Crippen LogP contribution in [0, 0.1) is 6.92 Å². The van der Waals surface area contributed by atoms with Gasteiger partial charge in [0.1, 0.15) is 0 Å². The van der Waals surface area contributed by atoms with Crippen molar-refractivity contribution in [1.29, 1.82) is 0 Å². The predicted octanol–water partition coefficient (Wildman–Crippen LogP) is 6.78. The SMILES string of the molecule is CCCCc1ccc(C(C)=NNc2nc(-c3ccc(C)cc3)nc3ccccc23)cc1. The molecule has 0 aliphatic rings. The smallest absolute Gasteiger partial charge is 0.162 e. The summed E-state index contributed by atoms with van der Waals surface area (Å²) in [5.41, 5.74) is 9.68. The molecule has 1 heterocycles. The molecule has 0 saturated carbocycles. The first kappa shape index (κ1) is 20.7. The van der Waals surface area contributed by atoms with Crippen LogP contribution in [-0.2, 0) is 6.42 Å². The first-order valence-electron chi connectivity index (χ1n) is 10.9. The largest absolute Gasteiger partial charge is 0.260 e. The highest BCUT2D eigenvalue weighted by atomic mass is 15.3. The van der Waals surface area contributed by atoms with Gasteiger partial charge in [-0.2, -0.15) is 5.10 Å². The number of hydrogen-bond acceptors (Lipinski definition) is 4. The second-order valence-electron chi connectivity index (χ2n) is 7.89. The number of rotatable bonds is 7. The molecule has 0 unspecified atom stereocenters. The summed E-state index contributed by atoms with van der Waals surface area (Å²) < 4.78 is 0. The summed E-state index contributed by atoms with van der Waals surface area (Å²) in [5, 5.41) is 5.58. The molecule has 0 bridgehead atoms. The highest BCUT2D eigenvalue weighted by Gasteiger charge is 2.09. The van der Waals surface area contributed by atoms with Gasteiger partial charge in [-0.1, -0.05) is 79.6 Å². The monoisotopic (exact) mass is 408 g/mol. The van der Waals surface area contributed by atoms with Gasteiger partial charge in [-0.15, -0.1) is 0 Å². The maximum absolute atomic E-state index is 4.78. The van der Waals surface area contributed by atoms with Gasteiger partial charge in [0.15, 0.2) is 11.6 Å². The molecule has 31 heavy (non-hydrogen) atoms. The van der Waals surface area contributed by atoms with E-state index in [1.165, 1.54) is 24.0 Å². The van der Waals surface area contributed by atoms with Crippen LogP contribution in [0.5, 0.6) is 0 Å². The highest BCUT2D eigenvalue weighted by molar-refractivity contribution is 5.99. The van der Waals surface area contributed by atoms with Gasteiger partial charge in [0.05, 0.1) is 11.2 Å². The van der Waals surface area contributed by atoms with Crippen LogP contribution in [-0.4, -0.2) is 15.7 Å². The van der Waals surface area contributed by atoms with Gasteiger partial charge in [0.2, 0.25) is 0 Å². The average Bonchev–Trinajstić information content (AvgIpc) is 2.81. The molecule has 3 aromatic carbocycles. The maximum atomic E-state index is 4.78. The number of anilines is 1. The molecule has 156 valence electrons. The van der Waals surface area contributed by atoms with Crippen LogP contribution >= 0.6 is 0 Å². The topological polar surface area (TPSA) is 50.2 Å². The van der Waals surface area contributed by atoms with E-state index in [1.807, 2.05) is 31.2 Å². The van der Waals surface area contributed by atoms with E-state index in [0.29, 0.717) is 11.6 Å².